The predicted molar refractivity (Wildman–Crippen MR) is 100 cm³/mol. The third kappa shape index (κ3) is 5.41. The van der Waals surface area contributed by atoms with Crippen LogP contribution < -0.4 is 20.5 Å². The van der Waals surface area contributed by atoms with Crippen molar-refractivity contribution < 1.29 is 14.3 Å². The molecule has 0 heterocycles. The van der Waals surface area contributed by atoms with Crippen LogP contribution in [0.15, 0.2) is 48.5 Å². The van der Waals surface area contributed by atoms with Gasteiger partial charge in [0.15, 0.2) is 11.5 Å². The van der Waals surface area contributed by atoms with Gasteiger partial charge in [-0.25, -0.2) is 0 Å². The summed E-state index contributed by atoms with van der Waals surface area (Å²) in [7, 11) is 0. The van der Waals surface area contributed by atoms with Crippen LogP contribution in [0.3, 0.4) is 0 Å². The van der Waals surface area contributed by atoms with Crippen LogP contribution in [-0.4, -0.2) is 19.1 Å². The summed E-state index contributed by atoms with van der Waals surface area (Å²) >= 11 is 0. The molecule has 134 valence electrons. The van der Waals surface area contributed by atoms with Crippen molar-refractivity contribution in [2.45, 2.75) is 32.7 Å². The largest absolute Gasteiger partial charge is 0.490 e. The quantitative estimate of drug-likeness (QED) is 0.687. The van der Waals surface area contributed by atoms with Gasteiger partial charge in [-0.05, 0) is 30.5 Å². The molecule has 0 bridgehead atoms. The number of carbonyl (C=O) groups is 1. The molecule has 0 spiro atoms. The zero-order chi connectivity index (χ0) is 18.1. The fraction of sp³-hybridized carbons (Fsp3) is 0.350. The third-order valence-electron chi connectivity index (χ3n) is 3.60. The second kappa shape index (κ2) is 9.57. The average Bonchev–Trinajstić information content (AvgIpc) is 2.64. The molecule has 3 N–H and O–H groups in total. The molecule has 0 aliphatic carbocycles. The van der Waals surface area contributed by atoms with Crippen molar-refractivity contribution in [3.63, 3.8) is 0 Å². The molecule has 0 fully saturated rings. The first-order valence-electron chi connectivity index (χ1n) is 8.66. The fourth-order valence-electron chi connectivity index (χ4n) is 2.38. The molecule has 0 saturated carbocycles. The SMILES string of the molecule is CCCOc1ccc(NC(C(N)=O)c2ccccc2)cc1OCCC. The summed E-state index contributed by atoms with van der Waals surface area (Å²) in [6, 6.07) is 14.4. The highest BCUT2D eigenvalue weighted by Gasteiger charge is 2.18. The number of ether oxygens (including phenoxy) is 2. The highest BCUT2D eigenvalue weighted by Crippen LogP contribution is 2.32. The Balaban J connectivity index is 2.23. The number of hydrogen-bond donors (Lipinski definition) is 2. The van der Waals surface area contributed by atoms with Gasteiger partial charge in [0.25, 0.3) is 0 Å². The van der Waals surface area contributed by atoms with Crippen molar-refractivity contribution in [3.8, 4) is 11.5 Å². The van der Waals surface area contributed by atoms with Gasteiger partial charge in [-0.3, -0.25) is 4.79 Å². The van der Waals surface area contributed by atoms with Crippen molar-refractivity contribution in [1.29, 1.82) is 0 Å². The molecule has 0 aliphatic rings. The van der Waals surface area contributed by atoms with Gasteiger partial charge in [0, 0.05) is 11.8 Å². The summed E-state index contributed by atoms with van der Waals surface area (Å²) in [5.41, 5.74) is 7.14. The molecule has 5 nitrogen and oxygen atoms in total. The van der Waals surface area contributed by atoms with Crippen LogP contribution >= 0.6 is 0 Å². The number of nitrogens with one attached hydrogen (secondary N) is 1. The summed E-state index contributed by atoms with van der Waals surface area (Å²) in [6.07, 6.45) is 1.82. The molecule has 5 heteroatoms. The smallest absolute Gasteiger partial charge is 0.244 e. The molecule has 1 amide bonds. The number of benzene rings is 2. The number of anilines is 1. The number of rotatable bonds is 10. The van der Waals surface area contributed by atoms with Crippen molar-refractivity contribution >= 4 is 11.6 Å². The average molecular weight is 342 g/mol. The van der Waals surface area contributed by atoms with E-state index in [1.807, 2.05) is 55.5 Å². The Morgan fingerprint density at radius 2 is 1.64 bits per heavy atom. The van der Waals surface area contributed by atoms with Gasteiger partial charge in [0.2, 0.25) is 5.91 Å². The molecule has 25 heavy (non-hydrogen) atoms. The summed E-state index contributed by atoms with van der Waals surface area (Å²) in [5.74, 6) is 0.932. The maximum absolute atomic E-state index is 11.9. The topological polar surface area (TPSA) is 73.6 Å². The summed E-state index contributed by atoms with van der Waals surface area (Å²) < 4.78 is 11.5. The number of amides is 1. The Morgan fingerprint density at radius 1 is 1.00 bits per heavy atom. The molecule has 1 atom stereocenters. The van der Waals surface area contributed by atoms with Gasteiger partial charge in [-0.15, -0.1) is 0 Å². The zero-order valence-electron chi connectivity index (χ0n) is 14.8. The lowest BCUT2D eigenvalue weighted by Crippen LogP contribution is -2.27. The predicted octanol–water partition coefficient (Wildman–Crippen LogP) is 3.90. The van der Waals surface area contributed by atoms with Gasteiger partial charge >= 0.3 is 0 Å². The first-order chi connectivity index (χ1) is 12.2. The van der Waals surface area contributed by atoms with Crippen LogP contribution in [0.1, 0.15) is 38.3 Å². The van der Waals surface area contributed by atoms with Gasteiger partial charge in [-0.2, -0.15) is 0 Å². The first-order valence-corrected chi connectivity index (χ1v) is 8.66. The van der Waals surface area contributed by atoms with Crippen LogP contribution in [0, 0.1) is 0 Å². The van der Waals surface area contributed by atoms with Crippen LogP contribution in [-0.2, 0) is 4.79 Å². The van der Waals surface area contributed by atoms with Crippen LogP contribution in [0.5, 0.6) is 11.5 Å². The molecule has 1 unspecified atom stereocenters. The van der Waals surface area contributed by atoms with Gasteiger partial charge in [0.05, 0.1) is 13.2 Å². The van der Waals surface area contributed by atoms with E-state index < -0.39 is 11.9 Å². The highest BCUT2D eigenvalue weighted by molar-refractivity contribution is 5.84. The van der Waals surface area contributed by atoms with E-state index in [-0.39, 0.29) is 0 Å². The molecular formula is C20H26N2O3. The molecule has 0 aromatic heterocycles. The maximum atomic E-state index is 11.9. The summed E-state index contributed by atoms with van der Waals surface area (Å²) in [6.45, 7) is 5.33. The Labute approximate surface area is 149 Å². The molecular weight excluding hydrogens is 316 g/mol. The Hall–Kier alpha value is -2.69. The number of nitrogens with two attached hydrogens (primary N) is 1. The number of primary amides is 1. The van der Waals surface area contributed by atoms with Crippen molar-refractivity contribution in [1.82, 2.24) is 0 Å². The van der Waals surface area contributed by atoms with Crippen molar-refractivity contribution in [2.24, 2.45) is 5.73 Å². The second-order valence-electron chi connectivity index (χ2n) is 5.75. The van der Waals surface area contributed by atoms with E-state index in [0.29, 0.717) is 24.7 Å². The monoisotopic (exact) mass is 342 g/mol. The normalized spacial score (nSPS) is 11.6. The van der Waals surface area contributed by atoms with E-state index in [2.05, 4.69) is 12.2 Å². The number of hydrogen-bond acceptors (Lipinski definition) is 4. The summed E-state index contributed by atoms with van der Waals surface area (Å²) in [5, 5.41) is 3.18. The highest BCUT2D eigenvalue weighted by atomic mass is 16.5. The minimum absolute atomic E-state index is 0.437. The zero-order valence-corrected chi connectivity index (χ0v) is 14.8. The fourth-order valence-corrected chi connectivity index (χ4v) is 2.38. The van der Waals surface area contributed by atoms with E-state index in [9.17, 15) is 4.79 Å². The molecule has 0 saturated heterocycles. The Bertz CT molecular complexity index is 674. The van der Waals surface area contributed by atoms with Crippen molar-refractivity contribution in [2.75, 3.05) is 18.5 Å². The van der Waals surface area contributed by atoms with Crippen LogP contribution in [0.25, 0.3) is 0 Å². The molecule has 2 aromatic rings. The van der Waals surface area contributed by atoms with E-state index in [4.69, 9.17) is 15.2 Å². The first kappa shape index (κ1) is 18.6. The van der Waals surface area contributed by atoms with Gasteiger partial charge < -0.3 is 20.5 Å². The number of carbonyl (C=O) groups excluding carboxylic acids is 1. The van der Waals surface area contributed by atoms with Crippen LogP contribution in [0.4, 0.5) is 5.69 Å². The molecule has 2 rings (SSSR count). The molecule has 2 aromatic carbocycles. The van der Waals surface area contributed by atoms with E-state index in [1.165, 1.54) is 0 Å². The minimum Gasteiger partial charge on any atom is -0.490 e. The third-order valence-corrected chi connectivity index (χ3v) is 3.60. The standard InChI is InChI=1S/C20H26N2O3/c1-3-12-24-17-11-10-16(14-18(17)25-13-4-2)22-19(20(21)23)15-8-6-5-7-9-15/h5-11,14,19,22H,3-4,12-13H2,1-2H3,(H2,21,23). The lowest BCUT2D eigenvalue weighted by atomic mass is 10.1. The Kier molecular flexibility index (Phi) is 7.14. The van der Waals surface area contributed by atoms with E-state index >= 15 is 0 Å². The molecule has 0 aliphatic heterocycles. The lowest BCUT2D eigenvalue weighted by Gasteiger charge is -2.19. The maximum Gasteiger partial charge on any atom is 0.244 e. The van der Waals surface area contributed by atoms with Crippen LogP contribution in [0.2, 0.25) is 0 Å². The lowest BCUT2D eigenvalue weighted by molar-refractivity contribution is -0.118. The van der Waals surface area contributed by atoms with Gasteiger partial charge in [-0.1, -0.05) is 44.2 Å². The van der Waals surface area contributed by atoms with E-state index in [0.717, 1.165) is 24.1 Å². The van der Waals surface area contributed by atoms with Gasteiger partial charge in [0.1, 0.15) is 6.04 Å². The minimum atomic E-state index is -0.609. The Morgan fingerprint density at radius 3 is 2.24 bits per heavy atom. The summed E-state index contributed by atoms with van der Waals surface area (Å²) in [4.78, 5) is 11.9. The van der Waals surface area contributed by atoms with E-state index in [1.54, 1.807) is 0 Å². The van der Waals surface area contributed by atoms with Crippen molar-refractivity contribution in [3.05, 3.63) is 54.1 Å². The molecule has 0 radical (unpaired) electrons. The second-order valence-corrected chi connectivity index (χ2v) is 5.75.